The molecular formula is C11H16N2. The Morgan fingerprint density at radius 3 is 3.00 bits per heavy atom. The first-order valence-corrected chi connectivity index (χ1v) is 4.65. The maximum Gasteiger partial charge on any atom is 0.129 e. The molecule has 0 fully saturated rings. The highest BCUT2D eigenvalue weighted by Gasteiger charge is 1.93. The Balaban J connectivity index is 2.45. The molecule has 2 heteroatoms. The van der Waals surface area contributed by atoms with Gasteiger partial charge in [-0.25, -0.2) is 4.98 Å². The molecule has 1 heterocycles. The molecule has 1 rings (SSSR count). The maximum absolute atomic E-state index is 4.23. The zero-order chi connectivity index (χ0) is 9.52. The van der Waals surface area contributed by atoms with Crippen molar-refractivity contribution in [1.29, 1.82) is 0 Å². The van der Waals surface area contributed by atoms with Crippen molar-refractivity contribution in [2.75, 3.05) is 11.9 Å². The zero-order valence-corrected chi connectivity index (χ0v) is 8.25. The van der Waals surface area contributed by atoms with Crippen LogP contribution in [0.2, 0.25) is 0 Å². The summed E-state index contributed by atoms with van der Waals surface area (Å²) in [5.41, 5.74) is 1.19. The predicted octanol–water partition coefficient (Wildman–Crippen LogP) is 2.77. The number of rotatable bonds is 4. The van der Waals surface area contributed by atoms with Crippen LogP contribution < -0.4 is 5.32 Å². The molecule has 0 aliphatic heterocycles. The normalized spacial score (nSPS) is 10.6. The number of hydrogen-bond acceptors (Lipinski definition) is 2. The number of nitrogens with zero attached hydrogens (tertiary/aromatic N) is 1. The van der Waals surface area contributed by atoms with Gasteiger partial charge in [-0.2, -0.15) is 0 Å². The molecule has 0 saturated heterocycles. The number of aromatic nitrogens is 1. The average Bonchev–Trinajstić information content (AvgIpc) is 2.15. The summed E-state index contributed by atoms with van der Waals surface area (Å²) in [6.07, 6.45) is 7.15. The van der Waals surface area contributed by atoms with Gasteiger partial charge in [0.25, 0.3) is 0 Å². The number of aryl methyl sites for hydroxylation is 1. The van der Waals surface area contributed by atoms with Gasteiger partial charge in [-0.05, 0) is 25.0 Å². The highest BCUT2D eigenvalue weighted by atomic mass is 15.0. The van der Waals surface area contributed by atoms with Gasteiger partial charge >= 0.3 is 0 Å². The van der Waals surface area contributed by atoms with E-state index in [1.54, 1.807) is 6.20 Å². The van der Waals surface area contributed by atoms with Crippen molar-refractivity contribution in [3.05, 3.63) is 36.0 Å². The molecule has 0 aliphatic rings. The summed E-state index contributed by atoms with van der Waals surface area (Å²) in [5, 5.41) is 3.25. The summed E-state index contributed by atoms with van der Waals surface area (Å²) >= 11 is 0. The van der Waals surface area contributed by atoms with Crippen LogP contribution in [-0.2, 0) is 0 Å². The van der Waals surface area contributed by atoms with E-state index in [0.29, 0.717) is 0 Å². The second kappa shape index (κ2) is 5.36. The third kappa shape index (κ3) is 3.28. The molecule has 70 valence electrons. The summed E-state index contributed by atoms with van der Waals surface area (Å²) in [5.74, 6) is 0.975. The van der Waals surface area contributed by atoms with E-state index in [1.165, 1.54) is 5.56 Å². The third-order valence-corrected chi connectivity index (χ3v) is 1.80. The molecule has 0 spiro atoms. The second-order valence-electron chi connectivity index (χ2n) is 2.93. The Morgan fingerprint density at radius 2 is 2.31 bits per heavy atom. The van der Waals surface area contributed by atoms with Crippen molar-refractivity contribution in [2.24, 2.45) is 0 Å². The SMILES string of the molecule is CC/C=C/CNc1ncccc1C. The molecule has 1 aromatic heterocycles. The minimum atomic E-state index is 0.853. The molecule has 0 aromatic carbocycles. The molecule has 2 nitrogen and oxygen atoms in total. The van der Waals surface area contributed by atoms with Gasteiger partial charge in [0, 0.05) is 12.7 Å². The van der Waals surface area contributed by atoms with E-state index in [9.17, 15) is 0 Å². The first-order chi connectivity index (χ1) is 6.34. The Kier molecular flexibility index (Phi) is 4.03. The summed E-state index contributed by atoms with van der Waals surface area (Å²) in [4.78, 5) is 4.23. The molecule has 0 saturated carbocycles. The van der Waals surface area contributed by atoms with Crippen molar-refractivity contribution >= 4 is 5.82 Å². The van der Waals surface area contributed by atoms with E-state index in [-0.39, 0.29) is 0 Å². The summed E-state index contributed by atoms with van der Waals surface area (Å²) < 4.78 is 0. The van der Waals surface area contributed by atoms with Crippen LogP contribution in [0.25, 0.3) is 0 Å². The van der Waals surface area contributed by atoms with Gasteiger partial charge in [0.05, 0.1) is 0 Å². The highest BCUT2D eigenvalue weighted by Crippen LogP contribution is 2.08. The molecule has 0 aliphatic carbocycles. The molecule has 1 aromatic rings. The lowest BCUT2D eigenvalue weighted by Crippen LogP contribution is -2.01. The first-order valence-electron chi connectivity index (χ1n) is 4.65. The zero-order valence-electron chi connectivity index (χ0n) is 8.25. The van der Waals surface area contributed by atoms with E-state index < -0.39 is 0 Å². The van der Waals surface area contributed by atoms with Crippen LogP contribution in [0.5, 0.6) is 0 Å². The average molecular weight is 176 g/mol. The maximum atomic E-state index is 4.23. The Hall–Kier alpha value is -1.31. The van der Waals surface area contributed by atoms with Crippen LogP contribution in [0.4, 0.5) is 5.82 Å². The van der Waals surface area contributed by atoms with Gasteiger partial charge in [0.2, 0.25) is 0 Å². The molecule has 0 radical (unpaired) electrons. The van der Waals surface area contributed by atoms with Crippen molar-refractivity contribution in [3.63, 3.8) is 0 Å². The van der Waals surface area contributed by atoms with Crippen molar-refractivity contribution in [3.8, 4) is 0 Å². The van der Waals surface area contributed by atoms with E-state index in [0.717, 1.165) is 18.8 Å². The van der Waals surface area contributed by atoms with E-state index in [1.807, 2.05) is 6.07 Å². The van der Waals surface area contributed by atoms with Gasteiger partial charge in [-0.3, -0.25) is 0 Å². The molecular weight excluding hydrogens is 160 g/mol. The topological polar surface area (TPSA) is 24.9 Å². The minimum Gasteiger partial charge on any atom is -0.366 e. The first kappa shape index (κ1) is 9.78. The molecule has 0 bridgehead atoms. The number of pyridine rings is 1. The smallest absolute Gasteiger partial charge is 0.129 e. The lowest BCUT2D eigenvalue weighted by Gasteiger charge is -2.04. The van der Waals surface area contributed by atoms with Crippen molar-refractivity contribution in [2.45, 2.75) is 20.3 Å². The van der Waals surface area contributed by atoms with Gasteiger partial charge in [-0.15, -0.1) is 0 Å². The molecule has 0 amide bonds. The largest absolute Gasteiger partial charge is 0.366 e. The lowest BCUT2D eigenvalue weighted by atomic mass is 10.3. The lowest BCUT2D eigenvalue weighted by molar-refractivity contribution is 1.17. The second-order valence-corrected chi connectivity index (χ2v) is 2.93. The third-order valence-electron chi connectivity index (χ3n) is 1.80. The van der Waals surface area contributed by atoms with Gasteiger partial charge in [0.1, 0.15) is 5.82 Å². The van der Waals surface area contributed by atoms with Crippen molar-refractivity contribution < 1.29 is 0 Å². The van der Waals surface area contributed by atoms with E-state index in [4.69, 9.17) is 0 Å². The standard InChI is InChI=1S/C11H16N2/c1-3-4-5-8-12-11-10(2)7-6-9-13-11/h4-7,9H,3,8H2,1-2H3,(H,12,13)/b5-4+. The fourth-order valence-corrected chi connectivity index (χ4v) is 1.08. The van der Waals surface area contributed by atoms with Crippen LogP contribution in [0.15, 0.2) is 30.5 Å². The van der Waals surface area contributed by atoms with Crippen LogP contribution in [-0.4, -0.2) is 11.5 Å². The Labute approximate surface area is 79.7 Å². The van der Waals surface area contributed by atoms with Crippen molar-refractivity contribution in [1.82, 2.24) is 4.98 Å². The summed E-state index contributed by atoms with van der Waals surface area (Å²) in [6, 6.07) is 4.00. The minimum absolute atomic E-state index is 0.853. The molecule has 1 N–H and O–H groups in total. The van der Waals surface area contributed by atoms with E-state index in [2.05, 4.69) is 42.4 Å². The van der Waals surface area contributed by atoms with Crippen LogP contribution in [0.1, 0.15) is 18.9 Å². The molecule has 0 atom stereocenters. The summed E-state index contributed by atoms with van der Waals surface area (Å²) in [7, 11) is 0. The van der Waals surface area contributed by atoms with E-state index >= 15 is 0 Å². The number of allylic oxidation sites excluding steroid dienone is 1. The highest BCUT2D eigenvalue weighted by molar-refractivity contribution is 5.42. The summed E-state index contributed by atoms with van der Waals surface area (Å²) in [6.45, 7) is 5.03. The van der Waals surface area contributed by atoms with Gasteiger partial charge in [-0.1, -0.05) is 25.1 Å². The van der Waals surface area contributed by atoms with Crippen LogP contribution in [0.3, 0.4) is 0 Å². The van der Waals surface area contributed by atoms with Crippen LogP contribution >= 0.6 is 0 Å². The quantitative estimate of drug-likeness (QED) is 0.713. The Bertz CT molecular complexity index is 279. The van der Waals surface area contributed by atoms with Gasteiger partial charge < -0.3 is 5.32 Å². The van der Waals surface area contributed by atoms with Gasteiger partial charge in [0.15, 0.2) is 0 Å². The molecule has 0 unspecified atom stereocenters. The number of nitrogens with one attached hydrogen (secondary N) is 1. The fourth-order valence-electron chi connectivity index (χ4n) is 1.08. The number of hydrogen-bond donors (Lipinski definition) is 1. The fraction of sp³-hybridized carbons (Fsp3) is 0.364. The Morgan fingerprint density at radius 1 is 1.46 bits per heavy atom. The molecule has 13 heavy (non-hydrogen) atoms. The number of anilines is 1. The predicted molar refractivity (Wildman–Crippen MR) is 56.9 cm³/mol. The monoisotopic (exact) mass is 176 g/mol. The van der Waals surface area contributed by atoms with Crippen LogP contribution in [0, 0.1) is 6.92 Å².